The second-order valence-electron chi connectivity index (χ2n) is 3.30. The molecular formula is C10H7F3O2. The summed E-state index contributed by atoms with van der Waals surface area (Å²) in [4.78, 5) is 11.2. The van der Waals surface area contributed by atoms with E-state index in [-0.39, 0.29) is 5.56 Å². The summed E-state index contributed by atoms with van der Waals surface area (Å²) in [5.41, 5.74) is 0.548. The summed E-state index contributed by atoms with van der Waals surface area (Å²) in [5, 5.41) is 0. The lowest BCUT2D eigenvalue weighted by molar-refractivity contribution is -0.153. The van der Waals surface area contributed by atoms with Gasteiger partial charge in [-0.15, -0.1) is 0 Å². The summed E-state index contributed by atoms with van der Waals surface area (Å²) >= 11 is 0. The molecule has 2 nitrogen and oxygen atoms in total. The monoisotopic (exact) mass is 216 g/mol. The van der Waals surface area contributed by atoms with E-state index in [1.807, 2.05) is 0 Å². The number of cyclic esters (lactones) is 1. The quantitative estimate of drug-likeness (QED) is 0.674. The van der Waals surface area contributed by atoms with Gasteiger partial charge in [0.1, 0.15) is 6.10 Å². The lowest BCUT2D eigenvalue weighted by Crippen LogP contribution is -2.13. The molecule has 0 aromatic heterocycles. The van der Waals surface area contributed by atoms with Crippen molar-refractivity contribution < 1.29 is 22.7 Å². The summed E-state index contributed by atoms with van der Waals surface area (Å²) in [6.07, 6.45) is -6.65. The van der Waals surface area contributed by atoms with E-state index in [0.717, 1.165) is 0 Å². The number of ether oxygens (including phenoxy) is 1. The zero-order chi connectivity index (χ0) is 11.1. The normalized spacial score (nSPS) is 19.9. The zero-order valence-electron chi connectivity index (χ0n) is 7.54. The van der Waals surface area contributed by atoms with Crippen LogP contribution in [0.3, 0.4) is 0 Å². The van der Waals surface area contributed by atoms with Crippen molar-refractivity contribution in [1.29, 1.82) is 0 Å². The minimum Gasteiger partial charge on any atom is -0.453 e. The Bertz CT molecular complexity index is 398. The van der Waals surface area contributed by atoms with Crippen LogP contribution in [0.2, 0.25) is 0 Å². The second-order valence-corrected chi connectivity index (χ2v) is 3.30. The average molecular weight is 216 g/mol. The molecule has 0 fully saturated rings. The number of halogens is 3. The number of fused-ring (bicyclic) bond motifs is 1. The van der Waals surface area contributed by atoms with Crippen molar-refractivity contribution in [2.24, 2.45) is 0 Å². The fourth-order valence-electron chi connectivity index (χ4n) is 1.58. The third-order valence-electron chi connectivity index (χ3n) is 2.19. The summed E-state index contributed by atoms with van der Waals surface area (Å²) in [5.74, 6) is -0.681. The summed E-state index contributed by atoms with van der Waals surface area (Å²) in [7, 11) is 0. The molecule has 1 aromatic rings. The molecule has 5 heteroatoms. The second kappa shape index (κ2) is 3.25. The van der Waals surface area contributed by atoms with E-state index in [2.05, 4.69) is 4.74 Å². The first-order valence-electron chi connectivity index (χ1n) is 4.34. The third-order valence-corrected chi connectivity index (χ3v) is 2.19. The molecule has 1 aliphatic rings. The predicted molar refractivity (Wildman–Crippen MR) is 45.3 cm³/mol. The first kappa shape index (κ1) is 10.0. The summed E-state index contributed by atoms with van der Waals surface area (Å²) in [6.45, 7) is 0. The molecular weight excluding hydrogens is 209 g/mol. The topological polar surface area (TPSA) is 26.3 Å². The number of rotatable bonds is 1. The summed E-state index contributed by atoms with van der Waals surface area (Å²) in [6, 6.07) is 6.13. The van der Waals surface area contributed by atoms with Gasteiger partial charge < -0.3 is 4.74 Å². The van der Waals surface area contributed by atoms with Gasteiger partial charge in [0.15, 0.2) is 0 Å². The van der Waals surface area contributed by atoms with E-state index < -0.39 is 24.7 Å². The Hall–Kier alpha value is -1.52. The SMILES string of the molecule is O=C1O[C@@H](CC(F)(F)F)c2ccccc21. The molecule has 0 unspecified atom stereocenters. The molecule has 1 aliphatic heterocycles. The lowest BCUT2D eigenvalue weighted by Gasteiger charge is -2.12. The van der Waals surface area contributed by atoms with E-state index in [1.165, 1.54) is 12.1 Å². The molecule has 80 valence electrons. The van der Waals surface area contributed by atoms with Gasteiger partial charge in [-0.3, -0.25) is 0 Å². The van der Waals surface area contributed by atoms with Crippen LogP contribution in [-0.2, 0) is 4.74 Å². The van der Waals surface area contributed by atoms with Crippen LogP contribution in [0.25, 0.3) is 0 Å². The fourth-order valence-corrected chi connectivity index (χ4v) is 1.58. The Morgan fingerprint density at radius 1 is 1.27 bits per heavy atom. The van der Waals surface area contributed by atoms with Crippen LogP contribution in [-0.4, -0.2) is 12.1 Å². The predicted octanol–water partition coefficient (Wildman–Crippen LogP) is 2.85. The lowest BCUT2D eigenvalue weighted by atomic mass is 10.0. The molecule has 0 radical (unpaired) electrons. The van der Waals surface area contributed by atoms with E-state index in [0.29, 0.717) is 5.56 Å². The van der Waals surface area contributed by atoms with Gasteiger partial charge in [-0.25, -0.2) is 4.79 Å². The van der Waals surface area contributed by atoms with Crippen molar-refractivity contribution in [2.75, 3.05) is 0 Å². The minimum absolute atomic E-state index is 0.228. The van der Waals surface area contributed by atoms with E-state index in [9.17, 15) is 18.0 Å². The van der Waals surface area contributed by atoms with Crippen molar-refractivity contribution >= 4 is 5.97 Å². The van der Waals surface area contributed by atoms with Crippen LogP contribution in [0.5, 0.6) is 0 Å². The summed E-state index contributed by atoms with van der Waals surface area (Å²) < 4.78 is 41.1. The molecule has 0 amide bonds. The molecule has 0 saturated carbocycles. The molecule has 15 heavy (non-hydrogen) atoms. The fraction of sp³-hybridized carbons (Fsp3) is 0.300. The number of hydrogen-bond acceptors (Lipinski definition) is 2. The number of benzene rings is 1. The highest BCUT2D eigenvalue weighted by Crippen LogP contribution is 2.38. The van der Waals surface area contributed by atoms with Crippen LogP contribution in [0.15, 0.2) is 24.3 Å². The molecule has 0 N–H and O–H groups in total. The van der Waals surface area contributed by atoms with Crippen molar-refractivity contribution in [3.63, 3.8) is 0 Å². The highest BCUT2D eigenvalue weighted by Gasteiger charge is 2.39. The van der Waals surface area contributed by atoms with Crippen LogP contribution >= 0.6 is 0 Å². The Balaban J connectivity index is 2.29. The standard InChI is InChI=1S/C10H7F3O2/c11-10(12,13)5-8-6-3-1-2-4-7(6)9(14)15-8/h1-4,8H,5H2/t8-/m0/s1. The highest BCUT2D eigenvalue weighted by atomic mass is 19.4. The number of carbonyl (C=O) groups is 1. The van der Waals surface area contributed by atoms with Crippen molar-refractivity contribution in [2.45, 2.75) is 18.7 Å². The van der Waals surface area contributed by atoms with Gasteiger partial charge >= 0.3 is 12.1 Å². The number of esters is 1. The molecule has 2 rings (SSSR count). The Morgan fingerprint density at radius 3 is 2.60 bits per heavy atom. The van der Waals surface area contributed by atoms with Crippen LogP contribution in [0.1, 0.15) is 28.4 Å². The highest BCUT2D eigenvalue weighted by molar-refractivity contribution is 5.93. The van der Waals surface area contributed by atoms with Gasteiger partial charge in [0.25, 0.3) is 0 Å². The first-order chi connectivity index (χ1) is 6.97. The van der Waals surface area contributed by atoms with E-state index in [1.54, 1.807) is 12.1 Å². The Kier molecular flexibility index (Phi) is 2.17. The van der Waals surface area contributed by atoms with Gasteiger partial charge in [-0.2, -0.15) is 13.2 Å². The van der Waals surface area contributed by atoms with E-state index in [4.69, 9.17) is 0 Å². The van der Waals surface area contributed by atoms with Crippen molar-refractivity contribution in [3.05, 3.63) is 35.4 Å². The smallest absolute Gasteiger partial charge is 0.392 e. The maximum absolute atomic E-state index is 12.1. The number of hydrogen-bond donors (Lipinski definition) is 0. The molecule has 0 spiro atoms. The van der Waals surface area contributed by atoms with Crippen LogP contribution in [0, 0.1) is 0 Å². The molecule has 0 aliphatic carbocycles. The maximum Gasteiger partial charge on any atom is 0.392 e. The Morgan fingerprint density at radius 2 is 1.93 bits per heavy atom. The van der Waals surface area contributed by atoms with Crippen molar-refractivity contribution in [3.8, 4) is 0 Å². The first-order valence-corrected chi connectivity index (χ1v) is 4.34. The average Bonchev–Trinajstić information content (AvgIpc) is 2.42. The largest absolute Gasteiger partial charge is 0.453 e. The number of carbonyl (C=O) groups excluding carboxylic acids is 1. The van der Waals surface area contributed by atoms with Crippen LogP contribution < -0.4 is 0 Å². The molecule has 0 bridgehead atoms. The molecule has 1 atom stereocenters. The maximum atomic E-state index is 12.1. The van der Waals surface area contributed by atoms with Gasteiger partial charge in [0.2, 0.25) is 0 Å². The van der Waals surface area contributed by atoms with Crippen LogP contribution in [0.4, 0.5) is 13.2 Å². The Labute approximate surface area is 83.7 Å². The van der Waals surface area contributed by atoms with Gasteiger partial charge in [0, 0.05) is 5.56 Å². The van der Waals surface area contributed by atoms with Gasteiger partial charge in [-0.1, -0.05) is 18.2 Å². The third kappa shape index (κ3) is 1.95. The molecule has 1 heterocycles. The van der Waals surface area contributed by atoms with Gasteiger partial charge in [-0.05, 0) is 6.07 Å². The molecule has 1 aromatic carbocycles. The minimum atomic E-state index is -4.33. The van der Waals surface area contributed by atoms with Gasteiger partial charge in [0.05, 0.1) is 12.0 Å². The zero-order valence-corrected chi connectivity index (χ0v) is 7.54. The molecule has 0 saturated heterocycles. The number of alkyl halides is 3. The van der Waals surface area contributed by atoms with Crippen molar-refractivity contribution in [1.82, 2.24) is 0 Å². The van der Waals surface area contributed by atoms with E-state index >= 15 is 0 Å².